The Morgan fingerprint density at radius 3 is 2.87 bits per heavy atom. The summed E-state index contributed by atoms with van der Waals surface area (Å²) in [6.45, 7) is 4.44. The molecule has 15 heavy (non-hydrogen) atoms. The molecule has 1 heterocycles. The summed E-state index contributed by atoms with van der Waals surface area (Å²) in [6, 6.07) is 1.47. The molecule has 0 fully saturated rings. The molecule has 5 heteroatoms. The number of aromatic carboxylic acids is 1. The van der Waals surface area contributed by atoms with Crippen molar-refractivity contribution in [3.8, 4) is 0 Å². The van der Waals surface area contributed by atoms with E-state index in [1.165, 1.54) is 6.07 Å². The second-order valence-electron chi connectivity index (χ2n) is 3.44. The highest BCUT2D eigenvalue weighted by Gasteiger charge is 2.11. The topological polar surface area (TPSA) is 45.5 Å². The van der Waals surface area contributed by atoms with Crippen LogP contribution < -0.4 is 0 Å². The second-order valence-corrected chi connectivity index (χ2v) is 3.87. The average Bonchev–Trinajstić information content (AvgIpc) is 2.56. The van der Waals surface area contributed by atoms with Crippen molar-refractivity contribution in [1.82, 2.24) is 9.47 Å². The van der Waals surface area contributed by atoms with Gasteiger partial charge in [-0.3, -0.25) is 0 Å². The summed E-state index contributed by atoms with van der Waals surface area (Å²) < 4.78 is 1.66. The van der Waals surface area contributed by atoms with E-state index in [0.717, 1.165) is 13.1 Å². The lowest BCUT2D eigenvalue weighted by molar-refractivity contribution is 0.0684. The van der Waals surface area contributed by atoms with Crippen LogP contribution in [0, 0.1) is 0 Å². The van der Waals surface area contributed by atoms with Gasteiger partial charge < -0.3 is 14.6 Å². The zero-order valence-electron chi connectivity index (χ0n) is 8.90. The number of likely N-dealkylation sites (N-methyl/N-ethyl adjacent to an activating group) is 1. The lowest BCUT2D eigenvalue weighted by Crippen LogP contribution is -2.23. The smallest absolute Gasteiger partial charge is 0.352 e. The van der Waals surface area contributed by atoms with Gasteiger partial charge in [-0.2, -0.15) is 0 Å². The molecule has 0 radical (unpaired) electrons. The Bertz CT molecular complexity index is 349. The van der Waals surface area contributed by atoms with Gasteiger partial charge in [0.15, 0.2) is 0 Å². The van der Waals surface area contributed by atoms with Crippen molar-refractivity contribution >= 4 is 17.6 Å². The third-order valence-corrected chi connectivity index (χ3v) is 2.55. The number of aromatic nitrogens is 1. The summed E-state index contributed by atoms with van der Waals surface area (Å²) in [7, 11) is 1.99. The van der Waals surface area contributed by atoms with E-state index in [1.54, 1.807) is 10.8 Å². The predicted molar refractivity (Wildman–Crippen MR) is 59.6 cm³/mol. The number of carbonyl (C=O) groups is 1. The van der Waals surface area contributed by atoms with Gasteiger partial charge in [0, 0.05) is 19.3 Å². The van der Waals surface area contributed by atoms with E-state index >= 15 is 0 Å². The van der Waals surface area contributed by atoms with E-state index in [0.29, 0.717) is 11.6 Å². The molecule has 0 aliphatic rings. The maximum atomic E-state index is 10.9. The third-order valence-electron chi connectivity index (χ3n) is 2.34. The Labute approximate surface area is 94.1 Å². The molecule has 0 amide bonds. The van der Waals surface area contributed by atoms with Gasteiger partial charge >= 0.3 is 5.97 Å². The lowest BCUT2D eigenvalue weighted by Gasteiger charge is -2.14. The summed E-state index contributed by atoms with van der Waals surface area (Å²) in [5, 5.41) is 9.37. The molecule has 84 valence electrons. The molecule has 1 N–H and O–H groups in total. The van der Waals surface area contributed by atoms with Gasteiger partial charge in [-0.05, 0) is 19.7 Å². The number of nitrogens with zero attached hydrogens (tertiary/aromatic N) is 2. The minimum atomic E-state index is -0.943. The first kappa shape index (κ1) is 12.1. The standard InChI is InChI=1S/C10H15ClN2O2/c1-3-12(2)4-5-13-7-8(11)6-9(13)10(14)15/h6-7H,3-5H2,1-2H3,(H,14,15). The highest BCUT2D eigenvalue weighted by molar-refractivity contribution is 6.30. The molecule has 0 saturated carbocycles. The van der Waals surface area contributed by atoms with Crippen LogP contribution in [0.3, 0.4) is 0 Å². The Morgan fingerprint density at radius 2 is 2.33 bits per heavy atom. The zero-order valence-corrected chi connectivity index (χ0v) is 9.66. The Kier molecular flexibility index (Phi) is 4.17. The highest BCUT2D eigenvalue weighted by atomic mass is 35.5. The predicted octanol–water partition coefficient (Wildman–Crippen LogP) is 1.79. The van der Waals surface area contributed by atoms with Gasteiger partial charge in [0.25, 0.3) is 0 Å². The zero-order chi connectivity index (χ0) is 11.4. The molecule has 4 nitrogen and oxygen atoms in total. The molecule has 0 aliphatic carbocycles. The van der Waals surface area contributed by atoms with Crippen molar-refractivity contribution in [3.63, 3.8) is 0 Å². The molecular weight excluding hydrogens is 216 g/mol. The van der Waals surface area contributed by atoms with Crippen molar-refractivity contribution in [1.29, 1.82) is 0 Å². The molecule has 0 unspecified atom stereocenters. The normalized spacial score (nSPS) is 10.9. The number of hydrogen-bond acceptors (Lipinski definition) is 2. The maximum absolute atomic E-state index is 10.9. The van der Waals surface area contributed by atoms with Crippen molar-refractivity contribution in [2.24, 2.45) is 0 Å². The average molecular weight is 231 g/mol. The largest absolute Gasteiger partial charge is 0.477 e. The minimum Gasteiger partial charge on any atom is -0.477 e. The fourth-order valence-electron chi connectivity index (χ4n) is 1.28. The number of rotatable bonds is 5. The van der Waals surface area contributed by atoms with Gasteiger partial charge in [0.1, 0.15) is 5.69 Å². The molecule has 1 aromatic rings. The van der Waals surface area contributed by atoms with Crippen molar-refractivity contribution in [2.45, 2.75) is 13.5 Å². The van der Waals surface area contributed by atoms with Crippen molar-refractivity contribution in [3.05, 3.63) is 23.0 Å². The van der Waals surface area contributed by atoms with Gasteiger partial charge in [-0.15, -0.1) is 0 Å². The summed E-state index contributed by atoms with van der Waals surface area (Å²) in [5.41, 5.74) is 0.240. The molecule has 1 rings (SSSR count). The highest BCUT2D eigenvalue weighted by Crippen LogP contribution is 2.14. The molecular formula is C10H15ClN2O2. The van der Waals surface area contributed by atoms with E-state index in [1.807, 2.05) is 7.05 Å². The summed E-state index contributed by atoms with van der Waals surface area (Å²) in [5.74, 6) is -0.943. The van der Waals surface area contributed by atoms with E-state index < -0.39 is 5.97 Å². The molecule has 0 saturated heterocycles. The van der Waals surface area contributed by atoms with Crippen LogP contribution in [0.15, 0.2) is 12.3 Å². The fourth-order valence-corrected chi connectivity index (χ4v) is 1.50. The summed E-state index contributed by atoms with van der Waals surface area (Å²) in [6.07, 6.45) is 1.65. The van der Waals surface area contributed by atoms with Gasteiger partial charge in [-0.25, -0.2) is 4.79 Å². The van der Waals surface area contributed by atoms with Gasteiger partial charge in [-0.1, -0.05) is 18.5 Å². The number of hydrogen-bond donors (Lipinski definition) is 1. The number of carboxylic acids is 1. The van der Waals surface area contributed by atoms with Crippen LogP contribution in [0.1, 0.15) is 17.4 Å². The first-order valence-corrected chi connectivity index (χ1v) is 5.20. The van der Waals surface area contributed by atoms with Crippen LogP contribution in [-0.2, 0) is 6.54 Å². The Balaban J connectivity index is 2.71. The van der Waals surface area contributed by atoms with E-state index in [9.17, 15) is 4.79 Å². The molecule has 0 spiro atoms. The van der Waals surface area contributed by atoms with Crippen LogP contribution in [-0.4, -0.2) is 40.7 Å². The molecule has 0 atom stereocenters. The first-order valence-electron chi connectivity index (χ1n) is 4.82. The quantitative estimate of drug-likeness (QED) is 0.839. The van der Waals surface area contributed by atoms with Crippen LogP contribution >= 0.6 is 11.6 Å². The fraction of sp³-hybridized carbons (Fsp3) is 0.500. The van der Waals surface area contributed by atoms with Gasteiger partial charge in [0.2, 0.25) is 0 Å². The second kappa shape index (κ2) is 5.19. The number of halogens is 1. The molecule has 0 aliphatic heterocycles. The lowest BCUT2D eigenvalue weighted by atomic mass is 10.4. The van der Waals surface area contributed by atoms with Crippen LogP contribution in [0.4, 0.5) is 0 Å². The van der Waals surface area contributed by atoms with E-state index in [2.05, 4.69) is 11.8 Å². The monoisotopic (exact) mass is 230 g/mol. The molecule has 0 aromatic carbocycles. The number of carboxylic acid groups (broad SMARTS) is 1. The van der Waals surface area contributed by atoms with Crippen LogP contribution in [0.2, 0.25) is 5.02 Å². The maximum Gasteiger partial charge on any atom is 0.352 e. The molecule has 1 aromatic heterocycles. The summed E-state index contributed by atoms with van der Waals surface area (Å²) in [4.78, 5) is 13.0. The van der Waals surface area contributed by atoms with Crippen LogP contribution in [0.5, 0.6) is 0 Å². The van der Waals surface area contributed by atoms with Crippen molar-refractivity contribution in [2.75, 3.05) is 20.1 Å². The van der Waals surface area contributed by atoms with Gasteiger partial charge in [0.05, 0.1) is 5.02 Å². The Hall–Kier alpha value is -1.00. The van der Waals surface area contributed by atoms with Crippen molar-refractivity contribution < 1.29 is 9.90 Å². The first-order chi connectivity index (χ1) is 7.04. The minimum absolute atomic E-state index is 0.240. The van der Waals surface area contributed by atoms with E-state index in [4.69, 9.17) is 16.7 Å². The summed E-state index contributed by atoms with van der Waals surface area (Å²) >= 11 is 5.76. The third kappa shape index (κ3) is 3.25. The van der Waals surface area contributed by atoms with Crippen LogP contribution in [0.25, 0.3) is 0 Å². The Morgan fingerprint density at radius 1 is 1.67 bits per heavy atom. The molecule has 0 bridgehead atoms. The SMILES string of the molecule is CCN(C)CCn1cc(Cl)cc1C(=O)O. The van der Waals surface area contributed by atoms with E-state index in [-0.39, 0.29) is 5.69 Å².